The Morgan fingerprint density at radius 3 is 2.49 bits per heavy atom. The molecule has 3 aromatic carbocycles. The number of nitriles is 1. The van der Waals surface area contributed by atoms with Crippen LogP contribution < -0.4 is 4.74 Å². The fourth-order valence-corrected chi connectivity index (χ4v) is 7.40. The quantitative estimate of drug-likeness (QED) is 0.228. The first-order valence-corrected chi connectivity index (χ1v) is 15.0. The van der Waals surface area contributed by atoms with E-state index in [2.05, 4.69) is 57.3 Å². The van der Waals surface area contributed by atoms with Gasteiger partial charge in [-0.2, -0.15) is 5.26 Å². The molecule has 2 aliphatic rings. The number of thioether (sulfide) groups is 1. The van der Waals surface area contributed by atoms with Crippen LogP contribution in [0.5, 0.6) is 5.75 Å². The lowest BCUT2D eigenvalue weighted by Crippen LogP contribution is -2.44. The lowest BCUT2D eigenvalue weighted by atomic mass is 10.00. The van der Waals surface area contributed by atoms with E-state index in [9.17, 15) is 19.6 Å². The minimum Gasteiger partial charge on any atom is -0.487 e. The number of ether oxygens (including phenoxy) is 1. The molecule has 3 amide bonds. The number of rotatable bonds is 6. The van der Waals surface area contributed by atoms with Gasteiger partial charge in [-0.25, -0.2) is 0 Å². The zero-order chi connectivity index (χ0) is 27.5. The zero-order valence-corrected chi connectivity index (χ0v) is 25.7. The molecule has 10 heteroatoms. The maximum absolute atomic E-state index is 13.1. The number of benzene rings is 3. The predicted molar refractivity (Wildman–Crippen MR) is 166 cm³/mol. The van der Waals surface area contributed by atoms with Crippen molar-refractivity contribution in [3.63, 3.8) is 0 Å². The van der Waals surface area contributed by atoms with E-state index in [0.717, 1.165) is 46.9 Å². The van der Waals surface area contributed by atoms with E-state index in [1.807, 2.05) is 48.5 Å². The molecule has 5 rings (SSSR count). The molecule has 0 bridgehead atoms. The van der Waals surface area contributed by atoms with Gasteiger partial charge in [-0.3, -0.25) is 19.3 Å². The standard InChI is InChI=1S/C29H21I2N3O4S/c30-23-11-18(12-24(31)27(23)38-17-22-8-4-2-6-20(22)14-32)13-25-28(36)34(29(37)39-25)16-26(35)33-10-9-19-5-1-3-7-21(19)15-33/h1-8,11-13H,9-10,15-17H2/b25-13-. The second-order valence-corrected chi connectivity index (χ2v) is 12.3. The summed E-state index contributed by atoms with van der Waals surface area (Å²) in [6.45, 7) is 1.03. The summed E-state index contributed by atoms with van der Waals surface area (Å²) >= 11 is 5.18. The minimum atomic E-state index is -0.464. The van der Waals surface area contributed by atoms with Gasteiger partial charge < -0.3 is 9.64 Å². The Labute approximate surface area is 257 Å². The third-order valence-electron chi connectivity index (χ3n) is 6.48. The Kier molecular flexibility index (Phi) is 8.58. The molecule has 0 aromatic heterocycles. The summed E-state index contributed by atoms with van der Waals surface area (Å²) in [6, 6.07) is 21.2. The van der Waals surface area contributed by atoms with Gasteiger partial charge >= 0.3 is 0 Å². The number of hydrogen-bond acceptors (Lipinski definition) is 6. The molecule has 1 saturated heterocycles. The van der Waals surface area contributed by atoms with E-state index < -0.39 is 11.1 Å². The number of halogens is 2. The van der Waals surface area contributed by atoms with Crippen LogP contribution in [0, 0.1) is 18.5 Å². The first-order chi connectivity index (χ1) is 18.8. The van der Waals surface area contributed by atoms with Crippen molar-refractivity contribution in [2.24, 2.45) is 0 Å². The highest BCUT2D eigenvalue weighted by Gasteiger charge is 2.37. The smallest absolute Gasteiger partial charge is 0.294 e. The van der Waals surface area contributed by atoms with Crippen LogP contribution in [-0.2, 0) is 29.2 Å². The molecular formula is C29H21I2N3O4S. The van der Waals surface area contributed by atoms with Crippen LogP contribution in [0.4, 0.5) is 4.79 Å². The molecule has 196 valence electrons. The Hall–Kier alpha value is -2.89. The van der Waals surface area contributed by atoms with Gasteiger partial charge in [0.15, 0.2) is 0 Å². The van der Waals surface area contributed by atoms with Gasteiger partial charge in [0, 0.05) is 18.7 Å². The average molecular weight is 761 g/mol. The second kappa shape index (κ2) is 12.1. The number of amides is 3. The second-order valence-electron chi connectivity index (χ2n) is 8.97. The van der Waals surface area contributed by atoms with Gasteiger partial charge in [0.25, 0.3) is 11.1 Å². The van der Waals surface area contributed by atoms with Crippen molar-refractivity contribution in [1.82, 2.24) is 9.80 Å². The van der Waals surface area contributed by atoms with E-state index in [-0.39, 0.29) is 24.0 Å². The SMILES string of the molecule is N#Cc1ccccc1COc1c(I)cc(/C=C2\SC(=O)N(CC(=O)N3CCc4ccccc4C3)C2=O)cc1I. The predicted octanol–water partition coefficient (Wildman–Crippen LogP) is 5.97. The summed E-state index contributed by atoms with van der Waals surface area (Å²) in [5.41, 5.74) is 4.43. The van der Waals surface area contributed by atoms with Gasteiger partial charge in [0.1, 0.15) is 18.9 Å². The van der Waals surface area contributed by atoms with Crippen LogP contribution in [0.2, 0.25) is 0 Å². The molecule has 2 aliphatic heterocycles. The molecule has 3 aromatic rings. The lowest BCUT2D eigenvalue weighted by molar-refractivity contribution is -0.136. The summed E-state index contributed by atoms with van der Waals surface area (Å²) < 4.78 is 7.70. The summed E-state index contributed by atoms with van der Waals surface area (Å²) in [6.07, 6.45) is 2.43. The highest BCUT2D eigenvalue weighted by Crippen LogP contribution is 2.35. The van der Waals surface area contributed by atoms with Crippen LogP contribution in [-0.4, -0.2) is 39.9 Å². The van der Waals surface area contributed by atoms with Crippen molar-refractivity contribution in [3.05, 3.63) is 101 Å². The molecule has 0 aliphatic carbocycles. The number of carbonyl (C=O) groups excluding carboxylic acids is 3. The largest absolute Gasteiger partial charge is 0.487 e. The number of fused-ring (bicyclic) bond motifs is 1. The molecule has 0 spiro atoms. The number of imide groups is 1. The van der Waals surface area contributed by atoms with Gasteiger partial charge in [0.05, 0.1) is 23.7 Å². The van der Waals surface area contributed by atoms with E-state index >= 15 is 0 Å². The van der Waals surface area contributed by atoms with Crippen molar-refractivity contribution in [2.75, 3.05) is 13.1 Å². The molecule has 0 saturated carbocycles. The summed E-state index contributed by atoms with van der Waals surface area (Å²) in [4.78, 5) is 41.7. The Morgan fingerprint density at radius 1 is 1.05 bits per heavy atom. The molecular weight excluding hydrogens is 740 g/mol. The highest BCUT2D eigenvalue weighted by molar-refractivity contribution is 14.1. The van der Waals surface area contributed by atoms with Crippen LogP contribution >= 0.6 is 56.9 Å². The maximum atomic E-state index is 13.1. The van der Waals surface area contributed by atoms with Gasteiger partial charge in [-0.15, -0.1) is 0 Å². The average Bonchev–Trinajstić information content (AvgIpc) is 3.19. The highest BCUT2D eigenvalue weighted by atomic mass is 127. The van der Waals surface area contributed by atoms with E-state index in [0.29, 0.717) is 24.4 Å². The minimum absolute atomic E-state index is 0.239. The molecule has 0 unspecified atom stereocenters. The van der Waals surface area contributed by atoms with Crippen LogP contribution in [0.25, 0.3) is 6.08 Å². The van der Waals surface area contributed by atoms with Gasteiger partial charge in [-0.1, -0.05) is 42.5 Å². The lowest BCUT2D eigenvalue weighted by Gasteiger charge is -2.29. The normalized spacial score (nSPS) is 15.9. The van der Waals surface area contributed by atoms with Crippen LogP contribution in [0.1, 0.15) is 27.8 Å². The number of carbonyl (C=O) groups is 3. The zero-order valence-electron chi connectivity index (χ0n) is 20.5. The monoisotopic (exact) mass is 761 g/mol. The maximum Gasteiger partial charge on any atom is 0.294 e. The fraction of sp³-hybridized carbons (Fsp3) is 0.172. The summed E-state index contributed by atoms with van der Waals surface area (Å²) in [5.74, 6) is -0.0197. The van der Waals surface area contributed by atoms with Gasteiger partial charge in [-0.05, 0) is 104 Å². The first-order valence-electron chi connectivity index (χ1n) is 12.0. The van der Waals surface area contributed by atoms with E-state index in [4.69, 9.17) is 4.74 Å². The molecule has 7 nitrogen and oxygen atoms in total. The third kappa shape index (κ3) is 6.15. The van der Waals surface area contributed by atoms with Crippen molar-refractivity contribution in [3.8, 4) is 11.8 Å². The van der Waals surface area contributed by atoms with Crippen LogP contribution in [0.15, 0.2) is 65.6 Å². The Balaban J connectivity index is 1.26. The molecule has 0 atom stereocenters. The van der Waals surface area contributed by atoms with Crippen molar-refractivity contribution in [2.45, 2.75) is 19.6 Å². The van der Waals surface area contributed by atoms with E-state index in [1.54, 1.807) is 17.0 Å². The van der Waals surface area contributed by atoms with Crippen LogP contribution in [0.3, 0.4) is 0 Å². The van der Waals surface area contributed by atoms with Gasteiger partial charge in [0.2, 0.25) is 5.91 Å². The number of hydrogen-bond donors (Lipinski definition) is 0. The number of nitrogens with zero attached hydrogens (tertiary/aromatic N) is 3. The Morgan fingerprint density at radius 2 is 1.74 bits per heavy atom. The molecule has 1 fully saturated rings. The van der Waals surface area contributed by atoms with E-state index in [1.165, 1.54) is 5.56 Å². The summed E-state index contributed by atoms with van der Waals surface area (Å²) in [5, 5.41) is 8.87. The summed E-state index contributed by atoms with van der Waals surface area (Å²) in [7, 11) is 0. The molecule has 0 N–H and O–H groups in total. The molecule has 39 heavy (non-hydrogen) atoms. The first kappa shape index (κ1) is 27.7. The third-order valence-corrected chi connectivity index (χ3v) is 8.99. The molecule has 2 heterocycles. The topological polar surface area (TPSA) is 90.7 Å². The van der Waals surface area contributed by atoms with Crippen molar-refractivity contribution < 1.29 is 19.1 Å². The fourth-order valence-electron chi connectivity index (χ4n) is 4.44. The molecule has 0 radical (unpaired) electrons. The Bertz CT molecular complexity index is 1540. The van der Waals surface area contributed by atoms with Crippen molar-refractivity contribution in [1.29, 1.82) is 5.26 Å². The van der Waals surface area contributed by atoms with Crippen molar-refractivity contribution >= 4 is 80.1 Å².